The lowest BCUT2D eigenvalue weighted by Crippen LogP contribution is -2.19. The van der Waals surface area contributed by atoms with Gasteiger partial charge >= 0.3 is 0 Å². The van der Waals surface area contributed by atoms with Gasteiger partial charge in [-0.1, -0.05) is 6.92 Å². The van der Waals surface area contributed by atoms with Crippen LogP contribution in [0.2, 0.25) is 0 Å². The van der Waals surface area contributed by atoms with E-state index in [2.05, 4.69) is 20.5 Å². The summed E-state index contributed by atoms with van der Waals surface area (Å²) in [6.07, 6.45) is 0.802. The minimum absolute atomic E-state index is 0.0653. The first-order valence-corrected chi connectivity index (χ1v) is 3.87. The fourth-order valence-electron chi connectivity index (χ4n) is 0.780. The fraction of sp³-hybridized carbons (Fsp3) is 0.571. The van der Waals surface area contributed by atoms with Gasteiger partial charge in [0.25, 0.3) is 0 Å². The van der Waals surface area contributed by atoms with Crippen molar-refractivity contribution >= 4 is 5.91 Å². The molecule has 5 nitrogen and oxygen atoms in total. The lowest BCUT2D eigenvalue weighted by Gasteiger charge is -1.95. The van der Waals surface area contributed by atoms with Crippen LogP contribution in [0.1, 0.15) is 25.5 Å². The summed E-state index contributed by atoms with van der Waals surface area (Å²) in [6.45, 7) is 3.87. The van der Waals surface area contributed by atoms with Gasteiger partial charge < -0.3 is 5.32 Å². The molecule has 0 aromatic carbocycles. The van der Waals surface area contributed by atoms with E-state index >= 15 is 0 Å². The molecule has 1 rings (SSSR count). The molecule has 0 aliphatic heterocycles. The lowest BCUT2D eigenvalue weighted by molar-refractivity contribution is -0.119. The molecule has 1 amide bonds. The predicted molar refractivity (Wildman–Crippen MR) is 43.3 cm³/mol. The largest absolute Gasteiger partial charge is 0.349 e. The SMILES string of the molecule is CCc1n[nH]c(CNC(C)=O)n1. The molecule has 2 N–H and O–H groups in total. The van der Waals surface area contributed by atoms with Crippen LogP contribution in [-0.2, 0) is 17.8 Å². The summed E-state index contributed by atoms with van der Waals surface area (Å²) in [5.74, 6) is 1.40. The summed E-state index contributed by atoms with van der Waals surface area (Å²) in [6, 6.07) is 0. The van der Waals surface area contributed by atoms with Crippen molar-refractivity contribution < 1.29 is 4.79 Å². The minimum atomic E-state index is -0.0653. The van der Waals surface area contributed by atoms with Crippen LogP contribution < -0.4 is 5.32 Å². The number of aromatic nitrogens is 3. The third-order valence-electron chi connectivity index (χ3n) is 1.40. The van der Waals surface area contributed by atoms with Crippen molar-refractivity contribution in [3.05, 3.63) is 11.6 Å². The number of amides is 1. The van der Waals surface area contributed by atoms with Crippen LogP contribution in [0.25, 0.3) is 0 Å². The number of rotatable bonds is 3. The third-order valence-corrected chi connectivity index (χ3v) is 1.40. The number of nitrogens with zero attached hydrogens (tertiary/aromatic N) is 2. The maximum atomic E-state index is 10.5. The van der Waals surface area contributed by atoms with Gasteiger partial charge in [-0.25, -0.2) is 4.98 Å². The average Bonchev–Trinajstić information content (AvgIpc) is 2.48. The highest BCUT2D eigenvalue weighted by Crippen LogP contribution is 1.92. The highest BCUT2D eigenvalue weighted by molar-refractivity contribution is 5.72. The van der Waals surface area contributed by atoms with Gasteiger partial charge in [-0.3, -0.25) is 9.89 Å². The zero-order chi connectivity index (χ0) is 8.97. The standard InChI is InChI=1S/C7H12N4O/c1-3-6-9-7(11-10-6)4-8-5(2)12/h3-4H2,1-2H3,(H,8,12)(H,9,10,11). The maximum Gasteiger partial charge on any atom is 0.217 e. The molecule has 0 fully saturated rings. The Hall–Kier alpha value is -1.39. The molecule has 1 heterocycles. The van der Waals surface area contributed by atoms with E-state index in [-0.39, 0.29) is 5.91 Å². The van der Waals surface area contributed by atoms with Crippen molar-refractivity contribution in [3.63, 3.8) is 0 Å². The molecule has 0 saturated carbocycles. The van der Waals surface area contributed by atoms with Gasteiger partial charge in [0.1, 0.15) is 5.82 Å². The van der Waals surface area contributed by atoms with E-state index in [1.54, 1.807) is 0 Å². The zero-order valence-corrected chi connectivity index (χ0v) is 7.22. The molecule has 0 unspecified atom stereocenters. The molecule has 5 heteroatoms. The molecule has 0 radical (unpaired) electrons. The smallest absolute Gasteiger partial charge is 0.217 e. The van der Waals surface area contributed by atoms with Crippen LogP contribution in [0.15, 0.2) is 0 Å². The lowest BCUT2D eigenvalue weighted by atomic mass is 10.5. The summed E-state index contributed by atoms with van der Waals surface area (Å²) in [4.78, 5) is 14.6. The molecule has 0 bridgehead atoms. The number of carbonyl (C=O) groups is 1. The third kappa shape index (κ3) is 2.34. The molecule has 1 aromatic heterocycles. The number of hydrogen-bond donors (Lipinski definition) is 2. The van der Waals surface area contributed by atoms with Crippen molar-refractivity contribution in [2.24, 2.45) is 0 Å². The van der Waals surface area contributed by atoms with E-state index in [0.29, 0.717) is 12.4 Å². The molecule has 1 aromatic rings. The second-order valence-corrected chi connectivity index (χ2v) is 2.46. The summed E-state index contributed by atoms with van der Waals surface area (Å²) in [7, 11) is 0. The van der Waals surface area contributed by atoms with E-state index in [1.807, 2.05) is 6.92 Å². The van der Waals surface area contributed by atoms with Crippen molar-refractivity contribution in [1.82, 2.24) is 20.5 Å². The van der Waals surface area contributed by atoms with Crippen LogP contribution >= 0.6 is 0 Å². The number of aryl methyl sites for hydroxylation is 1. The zero-order valence-electron chi connectivity index (χ0n) is 7.22. The van der Waals surface area contributed by atoms with Gasteiger partial charge in [-0.15, -0.1) is 0 Å². The summed E-state index contributed by atoms with van der Waals surface area (Å²) < 4.78 is 0. The Morgan fingerprint density at radius 3 is 2.92 bits per heavy atom. The van der Waals surface area contributed by atoms with Crippen molar-refractivity contribution in [2.45, 2.75) is 26.8 Å². The molecule has 0 atom stereocenters. The van der Waals surface area contributed by atoms with Crippen molar-refractivity contribution in [3.8, 4) is 0 Å². The molecule has 0 spiro atoms. The number of hydrogen-bond acceptors (Lipinski definition) is 3. The first-order valence-electron chi connectivity index (χ1n) is 3.87. The van der Waals surface area contributed by atoms with E-state index in [1.165, 1.54) is 6.92 Å². The first kappa shape index (κ1) is 8.70. The second-order valence-electron chi connectivity index (χ2n) is 2.46. The number of H-pyrrole nitrogens is 1. The topological polar surface area (TPSA) is 70.7 Å². The maximum absolute atomic E-state index is 10.5. The minimum Gasteiger partial charge on any atom is -0.349 e. The Morgan fingerprint density at radius 2 is 2.42 bits per heavy atom. The van der Waals surface area contributed by atoms with E-state index in [0.717, 1.165) is 12.2 Å². The second kappa shape index (κ2) is 3.85. The van der Waals surface area contributed by atoms with Crippen LogP contribution in [0.3, 0.4) is 0 Å². The van der Waals surface area contributed by atoms with Gasteiger partial charge in [0.15, 0.2) is 5.82 Å². The van der Waals surface area contributed by atoms with Crippen LogP contribution in [0.5, 0.6) is 0 Å². The Labute approximate surface area is 70.6 Å². The summed E-state index contributed by atoms with van der Waals surface area (Å²) in [5, 5.41) is 9.29. The van der Waals surface area contributed by atoms with Crippen LogP contribution in [0, 0.1) is 0 Å². The highest BCUT2D eigenvalue weighted by Gasteiger charge is 2.00. The van der Waals surface area contributed by atoms with Crippen LogP contribution in [-0.4, -0.2) is 21.1 Å². The fourth-order valence-corrected chi connectivity index (χ4v) is 0.780. The van der Waals surface area contributed by atoms with E-state index in [9.17, 15) is 4.79 Å². The van der Waals surface area contributed by atoms with Gasteiger partial charge in [0.2, 0.25) is 5.91 Å². The number of nitrogens with one attached hydrogen (secondary N) is 2. The predicted octanol–water partition coefficient (Wildman–Crippen LogP) is 0.00320. The van der Waals surface area contributed by atoms with E-state index in [4.69, 9.17) is 0 Å². The summed E-state index contributed by atoms with van der Waals surface area (Å²) >= 11 is 0. The van der Waals surface area contributed by atoms with Crippen molar-refractivity contribution in [1.29, 1.82) is 0 Å². The molecule has 0 saturated heterocycles. The Morgan fingerprint density at radius 1 is 1.67 bits per heavy atom. The number of aromatic amines is 1. The van der Waals surface area contributed by atoms with Gasteiger partial charge in [-0.05, 0) is 0 Å². The molecule has 0 aliphatic rings. The van der Waals surface area contributed by atoms with Gasteiger partial charge in [-0.2, -0.15) is 5.10 Å². The molecule has 12 heavy (non-hydrogen) atoms. The first-order chi connectivity index (χ1) is 5.72. The molecule has 0 aliphatic carbocycles. The average molecular weight is 168 g/mol. The molecular weight excluding hydrogens is 156 g/mol. The normalized spacial score (nSPS) is 9.83. The Balaban J connectivity index is 2.47. The van der Waals surface area contributed by atoms with Gasteiger partial charge in [0.05, 0.1) is 6.54 Å². The summed E-state index contributed by atoms with van der Waals surface area (Å²) in [5.41, 5.74) is 0. The number of carbonyl (C=O) groups excluding carboxylic acids is 1. The van der Waals surface area contributed by atoms with Crippen LogP contribution in [0.4, 0.5) is 0 Å². The molecule has 66 valence electrons. The quantitative estimate of drug-likeness (QED) is 0.667. The highest BCUT2D eigenvalue weighted by atomic mass is 16.1. The van der Waals surface area contributed by atoms with Gasteiger partial charge in [0, 0.05) is 13.3 Å². The Kier molecular flexibility index (Phi) is 2.79. The molecular formula is C7H12N4O. The van der Waals surface area contributed by atoms with E-state index < -0.39 is 0 Å². The monoisotopic (exact) mass is 168 g/mol. The Bertz CT molecular complexity index is 268. The van der Waals surface area contributed by atoms with Crippen molar-refractivity contribution in [2.75, 3.05) is 0 Å².